The van der Waals surface area contributed by atoms with Gasteiger partial charge in [0.05, 0.1) is 5.69 Å². The molecule has 2 aromatic carbocycles. The summed E-state index contributed by atoms with van der Waals surface area (Å²) in [5.41, 5.74) is 3.70. The molecule has 27 heavy (non-hydrogen) atoms. The van der Waals surface area contributed by atoms with Crippen LogP contribution in [0.2, 0.25) is 0 Å². The second kappa shape index (κ2) is 7.06. The molecule has 0 radical (unpaired) electrons. The first kappa shape index (κ1) is 17.6. The van der Waals surface area contributed by atoms with Crippen molar-refractivity contribution in [2.24, 2.45) is 0 Å². The average Bonchev–Trinajstić information content (AvgIpc) is 2.68. The van der Waals surface area contributed by atoms with E-state index in [-0.39, 0.29) is 11.7 Å². The Labute approximate surface area is 158 Å². The van der Waals surface area contributed by atoms with Gasteiger partial charge >= 0.3 is 0 Å². The van der Waals surface area contributed by atoms with E-state index in [1.54, 1.807) is 32.0 Å². The van der Waals surface area contributed by atoms with Crippen molar-refractivity contribution in [3.05, 3.63) is 53.1 Å². The first-order valence-corrected chi connectivity index (χ1v) is 9.45. The lowest BCUT2D eigenvalue weighted by Crippen LogP contribution is -2.34. The highest BCUT2D eigenvalue weighted by atomic mass is 16.5. The molecule has 4 rings (SSSR count). The standard InChI is InChI=1S/C22H23NO4/c1-13(26-18-9-7-15-5-3-4-6-16(15)11-18)21(24)17-8-10-20-19(12-17)23-22(25)14(2)27-20/h7-14H,3-6H2,1-2H3,(H,23,25). The molecule has 1 amide bonds. The molecular formula is C22H23NO4. The lowest BCUT2D eigenvalue weighted by atomic mass is 9.92. The fraction of sp³-hybridized carbons (Fsp3) is 0.364. The number of ether oxygens (including phenoxy) is 2. The number of ketones is 1. The molecule has 0 saturated carbocycles. The van der Waals surface area contributed by atoms with Crippen LogP contribution in [0.5, 0.6) is 11.5 Å². The van der Waals surface area contributed by atoms with E-state index in [0.29, 0.717) is 17.0 Å². The van der Waals surface area contributed by atoms with Gasteiger partial charge in [-0.05, 0) is 81.0 Å². The predicted molar refractivity (Wildman–Crippen MR) is 103 cm³/mol. The Morgan fingerprint density at radius 2 is 1.93 bits per heavy atom. The molecule has 1 N–H and O–H groups in total. The van der Waals surface area contributed by atoms with E-state index in [9.17, 15) is 9.59 Å². The zero-order chi connectivity index (χ0) is 19.0. The molecule has 0 fully saturated rings. The van der Waals surface area contributed by atoms with Gasteiger partial charge in [0.15, 0.2) is 12.2 Å². The largest absolute Gasteiger partial charge is 0.483 e. The third-order valence-electron chi connectivity index (χ3n) is 5.20. The second-order valence-corrected chi connectivity index (χ2v) is 7.22. The Balaban J connectivity index is 1.49. The zero-order valence-electron chi connectivity index (χ0n) is 15.6. The van der Waals surface area contributed by atoms with Crippen LogP contribution in [0.3, 0.4) is 0 Å². The van der Waals surface area contributed by atoms with Crippen LogP contribution in [0, 0.1) is 0 Å². The maximum absolute atomic E-state index is 12.8. The van der Waals surface area contributed by atoms with Crippen LogP contribution in [-0.4, -0.2) is 23.9 Å². The first-order valence-electron chi connectivity index (χ1n) is 9.45. The Morgan fingerprint density at radius 3 is 2.74 bits per heavy atom. The van der Waals surface area contributed by atoms with E-state index in [1.807, 2.05) is 6.07 Å². The van der Waals surface area contributed by atoms with Gasteiger partial charge in [-0.1, -0.05) is 6.07 Å². The summed E-state index contributed by atoms with van der Waals surface area (Å²) in [6, 6.07) is 11.2. The number of aryl methyl sites for hydroxylation is 2. The number of hydrogen-bond donors (Lipinski definition) is 1. The molecule has 2 atom stereocenters. The molecule has 5 nitrogen and oxygen atoms in total. The van der Waals surface area contributed by atoms with Crippen molar-refractivity contribution in [3.63, 3.8) is 0 Å². The lowest BCUT2D eigenvalue weighted by molar-refractivity contribution is -0.122. The third kappa shape index (κ3) is 3.54. The highest BCUT2D eigenvalue weighted by Crippen LogP contribution is 2.31. The number of carbonyl (C=O) groups is 2. The Morgan fingerprint density at radius 1 is 1.15 bits per heavy atom. The quantitative estimate of drug-likeness (QED) is 0.834. The van der Waals surface area contributed by atoms with Crippen molar-refractivity contribution in [2.75, 3.05) is 5.32 Å². The molecule has 0 spiro atoms. The van der Waals surface area contributed by atoms with Crippen LogP contribution in [0.4, 0.5) is 5.69 Å². The Kier molecular flexibility index (Phi) is 4.60. The fourth-order valence-corrected chi connectivity index (χ4v) is 3.64. The van der Waals surface area contributed by atoms with Crippen molar-refractivity contribution in [3.8, 4) is 11.5 Å². The van der Waals surface area contributed by atoms with Crippen LogP contribution in [0.15, 0.2) is 36.4 Å². The molecule has 0 aromatic heterocycles. The maximum atomic E-state index is 12.8. The smallest absolute Gasteiger partial charge is 0.265 e. The summed E-state index contributed by atoms with van der Waals surface area (Å²) in [5.74, 6) is 0.940. The van der Waals surface area contributed by atoms with E-state index in [1.165, 1.54) is 24.0 Å². The third-order valence-corrected chi connectivity index (χ3v) is 5.20. The Bertz CT molecular complexity index is 905. The fourth-order valence-electron chi connectivity index (χ4n) is 3.64. The van der Waals surface area contributed by atoms with E-state index in [4.69, 9.17) is 9.47 Å². The van der Waals surface area contributed by atoms with Crippen molar-refractivity contribution < 1.29 is 19.1 Å². The molecule has 1 aliphatic heterocycles. The minimum absolute atomic E-state index is 0.136. The van der Waals surface area contributed by atoms with E-state index in [2.05, 4.69) is 17.4 Å². The van der Waals surface area contributed by atoms with Gasteiger partial charge in [-0.25, -0.2) is 0 Å². The van der Waals surface area contributed by atoms with Crippen LogP contribution >= 0.6 is 0 Å². The SMILES string of the molecule is CC1Oc2ccc(C(=O)C(C)Oc3ccc4c(c3)CCCC4)cc2NC1=O. The number of nitrogens with one attached hydrogen (secondary N) is 1. The van der Waals surface area contributed by atoms with E-state index >= 15 is 0 Å². The summed E-state index contributed by atoms with van der Waals surface area (Å²) in [4.78, 5) is 24.6. The molecule has 2 unspecified atom stereocenters. The van der Waals surface area contributed by atoms with Crippen LogP contribution in [-0.2, 0) is 17.6 Å². The van der Waals surface area contributed by atoms with Gasteiger partial charge < -0.3 is 14.8 Å². The minimum atomic E-state index is -0.621. The number of amides is 1. The van der Waals surface area contributed by atoms with Crippen molar-refractivity contribution in [1.82, 2.24) is 0 Å². The van der Waals surface area contributed by atoms with Gasteiger partial charge in [0.1, 0.15) is 11.5 Å². The molecule has 140 valence electrons. The van der Waals surface area contributed by atoms with Gasteiger partial charge in [-0.3, -0.25) is 9.59 Å². The summed E-state index contributed by atoms with van der Waals surface area (Å²) in [7, 11) is 0. The first-order chi connectivity index (χ1) is 13.0. The monoisotopic (exact) mass is 365 g/mol. The molecule has 0 saturated heterocycles. The van der Waals surface area contributed by atoms with Gasteiger partial charge in [-0.15, -0.1) is 0 Å². The molecular weight excluding hydrogens is 342 g/mol. The summed E-state index contributed by atoms with van der Waals surface area (Å²) in [5, 5.41) is 2.77. The minimum Gasteiger partial charge on any atom is -0.483 e. The number of fused-ring (bicyclic) bond motifs is 2. The van der Waals surface area contributed by atoms with Crippen LogP contribution in [0.25, 0.3) is 0 Å². The van der Waals surface area contributed by atoms with E-state index in [0.717, 1.165) is 18.6 Å². The molecule has 5 heteroatoms. The number of hydrogen-bond acceptors (Lipinski definition) is 4. The normalized spacial score (nSPS) is 19.2. The van der Waals surface area contributed by atoms with Crippen molar-refractivity contribution in [1.29, 1.82) is 0 Å². The molecule has 0 bridgehead atoms. The van der Waals surface area contributed by atoms with Crippen LogP contribution in [0.1, 0.15) is 48.2 Å². The molecule has 1 aliphatic carbocycles. The number of carbonyl (C=O) groups excluding carboxylic acids is 2. The van der Waals surface area contributed by atoms with E-state index < -0.39 is 12.2 Å². The predicted octanol–water partition coefficient (Wildman–Crippen LogP) is 3.94. The zero-order valence-corrected chi connectivity index (χ0v) is 15.6. The highest BCUT2D eigenvalue weighted by Gasteiger charge is 2.25. The van der Waals surface area contributed by atoms with Crippen molar-refractivity contribution in [2.45, 2.75) is 51.7 Å². The van der Waals surface area contributed by atoms with Gasteiger partial charge in [0.2, 0.25) is 5.78 Å². The summed E-state index contributed by atoms with van der Waals surface area (Å²) >= 11 is 0. The van der Waals surface area contributed by atoms with Crippen LogP contribution < -0.4 is 14.8 Å². The van der Waals surface area contributed by atoms with Gasteiger partial charge in [0, 0.05) is 5.56 Å². The lowest BCUT2D eigenvalue weighted by Gasteiger charge is -2.24. The number of benzene rings is 2. The Hall–Kier alpha value is -2.82. The summed E-state index contributed by atoms with van der Waals surface area (Å²) < 4.78 is 11.4. The summed E-state index contributed by atoms with van der Waals surface area (Å²) in [6.07, 6.45) is 3.46. The second-order valence-electron chi connectivity index (χ2n) is 7.22. The van der Waals surface area contributed by atoms with Crippen molar-refractivity contribution >= 4 is 17.4 Å². The summed E-state index contributed by atoms with van der Waals surface area (Å²) in [6.45, 7) is 3.43. The van der Waals surface area contributed by atoms with Gasteiger partial charge in [-0.2, -0.15) is 0 Å². The molecule has 1 heterocycles. The average molecular weight is 365 g/mol. The molecule has 2 aliphatic rings. The number of rotatable bonds is 4. The number of Topliss-reactive ketones (excluding diaryl/α,β-unsaturated/α-hetero) is 1. The van der Waals surface area contributed by atoms with Gasteiger partial charge in [0.25, 0.3) is 5.91 Å². The topological polar surface area (TPSA) is 64.6 Å². The highest BCUT2D eigenvalue weighted by molar-refractivity contribution is 6.03. The molecule has 2 aromatic rings. The maximum Gasteiger partial charge on any atom is 0.265 e. The number of anilines is 1.